The van der Waals surface area contributed by atoms with Crippen molar-refractivity contribution < 1.29 is 9.69 Å². The van der Waals surface area contributed by atoms with Crippen molar-refractivity contribution in [2.45, 2.75) is 33.2 Å². The zero-order valence-corrected chi connectivity index (χ0v) is 17.4. The van der Waals surface area contributed by atoms with E-state index in [4.69, 9.17) is 0 Å². The number of anilines is 1. The molecule has 0 radical (unpaired) electrons. The number of carbonyl (C=O) groups excluding carboxylic acids is 1. The third-order valence-corrected chi connectivity index (χ3v) is 5.50. The Morgan fingerprint density at radius 2 is 1.64 bits per heavy atom. The molecular formula is C24H34N3O+. The molecule has 1 saturated heterocycles. The Balaban J connectivity index is 1.44. The summed E-state index contributed by atoms with van der Waals surface area (Å²) in [6.07, 6.45) is 1.10. The van der Waals surface area contributed by atoms with Crippen LogP contribution in [0, 0.1) is 5.92 Å². The molecule has 2 aromatic rings. The van der Waals surface area contributed by atoms with E-state index in [1.54, 1.807) is 0 Å². The lowest BCUT2D eigenvalue weighted by Crippen LogP contribution is -3.15. The number of nitrogens with zero attached hydrogens (tertiary/aromatic N) is 1. The van der Waals surface area contributed by atoms with Crippen LogP contribution in [0.1, 0.15) is 37.9 Å². The normalized spacial score (nSPS) is 16.2. The average Bonchev–Trinajstić information content (AvgIpc) is 2.69. The monoisotopic (exact) mass is 380 g/mol. The van der Waals surface area contributed by atoms with Crippen molar-refractivity contribution in [2.75, 3.05) is 37.6 Å². The number of rotatable bonds is 7. The van der Waals surface area contributed by atoms with Crippen molar-refractivity contribution in [3.8, 4) is 0 Å². The zero-order chi connectivity index (χ0) is 19.9. The molecule has 1 amide bonds. The second-order valence-corrected chi connectivity index (χ2v) is 8.38. The minimum atomic E-state index is 0.0469. The fraction of sp³-hybridized carbons (Fsp3) is 0.458. The highest BCUT2D eigenvalue weighted by Crippen LogP contribution is 2.15. The largest absolute Gasteiger partial charge is 0.360 e. The molecule has 3 rings (SSSR count). The van der Waals surface area contributed by atoms with Gasteiger partial charge in [-0.1, -0.05) is 56.3 Å². The minimum absolute atomic E-state index is 0.0469. The lowest BCUT2D eigenvalue weighted by Gasteiger charge is -2.33. The Labute approximate surface area is 169 Å². The van der Waals surface area contributed by atoms with Crippen LogP contribution in [0.15, 0.2) is 54.6 Å². The van der Waals surface area contributed by atoms with Crippen molar-refractivity contribution in [1.29, 1.82) is 0 Å². The Kier molecular flexibility index (Phi) is 7.10. The Bertz CT molecular complexity index is 734. The van der Waals surface area contributed by atoms with Gasteiger partial charge in [-0.3, -0.25) is 4.79 Å². The fourth-order valence-corrected chi connectivity index (χ4v) is 3.91. The maximum atomic E-state index is 12.5. The molecule has 28 heavy (non-hydrogen) atoms. The molecule has 1 heterocycles. The first-order chi connectivity index (χ1) is 13.5. The summed E-state index contributed by atoms with van der Waals surface area (Å²) < 4.78 is 0. The number of piperazine rings is 1. The third kappa shape index (κ3) is 5.83. The van der Waals surface area contributed by atoms with Crippen molar-refractivity contribution in [3.05, 3.63) is 65.7 Å². The number of benzene rings is 2. The van der Waals surface area contributed by atoms with Crippen molar-refractivity contribution >= 4 is 11.6 Å². The number of nitrogens with one attached hydrogen (secondary N) is 2. The molecule has 0 aromatic heterocycles. The first kappa shape index (κ1) is 20.4. The highest BCUT2D eigenvalue weighted by molar-refractivity contribution is 5.77. The highest BCUT2D eigenvalue weighted by Gasteiger charge is 2.23. The van der Waals surface area contributed by atoms with Gasteiger partial charge in [-0.15, -0.1) is 0 Å². The molecule has 1 aliphatic heterocycles. The van der Waals surface area contributed by atoms with E-state index in [-0.39, 0.29) is 11.9 Å². The molecule has 0 unspecified atom stereocenters. The second-order valence-electron chi connectivity index (χ2n) is 8.38. The van der Waals surface area contributed by atoms with E-state index in [0.29, 0.717) is 12.5 Å². The SMILES string of the molecule is CC(C)Cc1ccc([C@@H](C)NC(=O)C[NH+]2CCN(c3ccccc3)CC2)cc1. The van der Waals surface area contributed by atoms with Gasteiger partial charge in [-0.05, 0) is 42.5 Å². The van der Waals surface area contributed by atoms with Gasteiger partial charge in [-0.25, -0.2) is 0 Å². The molecule has 0 aliphatic carbocycles. The summed E-state index contributed by atoms with van der Waals surface area (Å²) in [5.41, 5.74) is 3.81. The van der Waals surface area contributed by atoms with Gasteiger partial charge in [0.25, 0.3) is 5.91 Å². The number of amides is 1. The van der Waals surface area contributed by atoms with Crippen LogP contribution in [0.5, 0.6) is 0 Å². The Hall–Kier alpha value is -2.33. The highest BCUT2D eigenvalue weighted by atomic mass is 16.2. The predicted octanol–water partition coefficient (Wildman–Crippen LogP) is 2.47. The molecule has 0 spiro atoms. The maximum Gasteiger partial charge on any atom is 0.275 e. The summed E-state index contributed by atoms with van der Waals surface area (Å²) in [6.45, 7) is 11.1. The van der Waals surface area contributed by atoms with Crippen molar-refractivity contribution in [3.63, 3.8) is 0 Å². The summed E-state index contributed by atoms with van der Waals surface area (Å²) in [5.74, 6) is 0.801. The van der Waals surface area contributed by atoms with Crippen molar-refractivity contribution in [1.82, 2.24) is 5.32 Å². The Morgan fingerprint density at radius 3 is 2.25 bits per heavy atom. The predicted molar refractivity (Wildman–Crippen MR) is 116 cm³/mol. The van der Waals surface area contributed by atoms with Crippen LogP contribution in [-0.2, 0) is 11.2 Å². The molecule has 4 heteroatoms. The molecule has 1 fully saturated rings. The second kappa shape index (κ2) is 9.74. The number of hydrogen-bond donors (Lipinski definition) is 2. The Morgan fingerprint density at radius 1 is 1.00 bits per heavy atom. The van der Waals surface area contributed by atoms with Crippen LogP contribution < -0.4 is 15.1 Å². The standard InChI is InChI=1S/C24H33N3O/c1-19(2)17-21-9-11-22(12-10-21)20(3)25-24(28)18-26-13-15-27(16-14-26)23-7-5-4-6-8-23/h4-12,19-20H,13-18H2,1-3H3,(H,25,28)/p+1/t20-/m1/s1. The molecule has 1 aliphatic rings. The van der Waals surface area contributed by atoms with E-state index in [2.05, 4.69) is 79.5 Å². The van der Waals surface area contributed by atoms with E-state index >= 15 is 0 Å². The van der Waals surface area contributed by atoms with Gasteiger partial charge >= 0.3 is 0 Å². The average molecular weight is 381 g/mol. The van der Waals surface area contributed by atoms with Gasteiger partial charge in [0.2, 0.25) is 0 Å². The number of quaternary nitrogens is 1. The van der Waals surface area contributed by atoms with E-state index in [1.165, 1.54) is 21.7 Å². The number of para-hydroxylation sites is 1. The van der Waals surface area contributed by atoms with Gasteiger partial charge in [0.15, 0.2) is 6.54 Å². The summed E-state index contributed by atoms with van der Waals surface area (Å²) in [5, 5.41) is 3.17. The van der Waals surface area contributed by atoms with Crippen LogP contribution in [0.4, 0.5) is 5.69 Å². The maximum absolute atomic E-state index is 12.5. The van der Waals surface area contributed by atoms with E-state index in [9.17, 15) is 4.79 Å². The zero-order valence-electron chi connectivity index (χ0n) is 17.4. The molecule has 0 saturated carbocycles. The van der Waals surface area contributed by atoms with Crippen LogP contribution in [0.25, 0.3) is 0 Å². The summed E-state index contributed by atoms with van der Waals surface area (Å²) >= 11 is 0. The van der Waals surface area contributed by atoms with Gasteiger partial charge in [0.1, 0.15) is 0 Å². The van der Waals surface area contributed by atoms with Gasteiger partial charge in [0.05, 0.1) is 32.2 Å². The molecule has 150 valence electrons. The minimum Gasteiger partial charge on any atom is -0.360 e. The first-order valence-electron chi connectivity index (χ1n) is 10.5. The molecule has 4 nitrogen and oxygen atoms in total. The molecular weight excluding hydrogens is 346 g/mol. The smallest absolute Gasteiger partial charge is 0.275 e. The van der Waals surface area contributed by atoms with Crippen LogP contribution in [0.3, 0.4) is 0 Å². The lowest BCUT2D eigenvalue weighted by atomic mass is 10.00. The molecule has 1 atom stereocenters. The van der Waals surface area contributed by atoms with E-state index in [0.717, 1.165) is 32.6 Å². The molecule has 0 bridgehead atoms. The summed E-state index contributed by atoms with van der Waals surface area (Å²) in [4.78, 5) is 16.3. The van der Waals surface area contributed by atoms with Gasteiger partial charge < -0.3 is 15.1 Å². The summed E-state index contributed by atoms with van der Waals surface area (Å²) in [7, 11) is 0. The van der Waals surface area contributed by atoms with Gasteiger partial charge in [-0.2, -0.15) is 0 Å². The van der Waals surface area contributed by atoms with E-state index < -0.39 is 0 Å². The quantitative estimate of drug-likeness (QED) is 0.774. The molecule has 2 aromatic carbocycles. The van der Waals surface area contributed by atoms with E-state index in [1.807, 2.05) is 6.07 Å². The summed E-state index contributed by atoms with van der Waals surface area (Å²) in [6, 6.07) is 19.2. The van der Waals surface area contributed by atoms with Crippen LogP contribution in [0.2, 0.25) is 0 Å². The number of hydrogen-bond acceptors (Lipinski definition) is 2. The third-order valence-electron chi connectivity index (χ3n) is 5.50. The number of carbonyl (C=O) groups is 1. The lowest BCUT2D eigenvalue weighted by molar-refractivity contribution is -0.892. The first-order valence-corrected chi connectivity index (χ1v) is 10.5. The van der Waals surface area contributed by atoms with Crippen molar-refractivity contribution in [2.24, 2.45) is 5.92 Å². The van der Waals surface area contributed by atoms with Crippen LogP contribution >= 0.6 is 0 Å². The van der Waals surface area contributed by atoms with Crippen LogP contribution in [-0.4, -0.2) is 38.6 Å². The molecule has 2 N–H and O–H groups in total. The van der Waals surface area contributed by atoms with Gasteiger partial charge in [0, 0.05) is 5.69 Å². The topological polar surface area (TPSA) is 36.8 Å². The fourth-order valence-electron chi connectivity index (χ4n) is 3.91.